The zero-order valence-electron chi connectivity index (χ0n) is 14.7. The SMILES string of the molecule is CN=C(NCCC(=O)Nc1ccc(C)cc1Cl)N1CCCC(C)C1. The Balaban J connectivity index is 1.79. The summed E-state index contributed by atoms with van der Waals surface area (Å²) >= 11 is 6.14. The van der Waals surface area contributed by atoms with Crippen molar-refractivity contribution in [3.63, 3.8) is 0 Å². The molecule has 132 valence electrons. The lowest BCUT2D eigenvalue weighted by molar-refractivity contribution is -0.116. The molecule has 1 amide bonds. The number of piperidine rings is 1. The van der Waals surface area contributed by atoms with E-state index in [0.29, 0.717) is 29.6 Å². The molecule has 5 nitrogen and oxygen atoms in total. The van der Waals surface area contributed by atoms with Crippen molar-refractivity contribution in [2.75, 3.05) is 32.0 Å². The van der Waals surface area contributed by atoms with E-state index in [2.05, 4.69) is 27.4 Å². The summed E-state index contributed by atoms with van der Waals surface area (Å²) in [6.45, 7) is 6.82. The second-order valence-electron chi connectivity index (χ2n) is 6.45. The monoisotopic (exact) mass is 350 g/mol. The van der Waals surface area contributed by atoms with Gasteiger partial charge in [-0.1, -0.05) is 24.6 Å². The number of carbonyl (C=O) groups excluding carboxylic acids is 1. The summed E-state index contributed by atoms with van der Waals surface area (Å²) in [6.07, 6.45) is 2.83. The molecule has 0 spiro atoms. The molecule has 1 aliphatic rings. The molecule has 1 aromatic carbocycles. The Morgan fingerprint density at radius 3 is 2.92 bits per heavy atom. The van der Waals surface area contributed by atoms with E-state index in [1.54, 1.807) is 7.05 Å². The van der Waals surface area contributed by atoms with Gasteiger partial charge in [0.1, 0.15) is 0 Å². The molecule has 2 N–H and O–H groups in total. The molecule has 0 aliphatic carbocycles. The first kappa shape index (κ1) is 18.6. The largest absolute Gasteiger partial charge is 0.356 e. The van der Waals surface area contributed by atoms with Gasteiger partial charge in [0.15, 0.2) is 5.96 Å². The quantitative estimate of drug-likeness (QED) is 0.647. The van der Waals surface area contributed by atoms with Crippen LogP contribution in [0.1, 0.15) is 31.7 Å². The molecule has 1 heterocycles. The molecule has 6 heteroatoms. The lowest BCUT2D eigenvalue weighted by atomic mass is 10.0. The fourth-order valence-corrected chi connectivity index (χ4v) is 3.22. The summed E-state index contributed by atoms with van der Waals surface area (Å²) < 4.78 is 0. The van der Waals surface area contributed by atoms with Gasteiger partial charge in [0.25, 0.3) is 0 Å². The predicted molar refractivity (Wildman–Crippen MR) is 101 cm³/mol. The summed E-state index contributed by atoms with van der Waals surface area (Å²) in [5, 5.41) is 6.70. The molecule has 1 aromatic rings. The van der Waals surface area contributed by atoms with E-state index in [4.69, 9.17) is 11.6 Å². The van der Waals surface area contributed by atoms with Crippen molar-refractivity contribution in [3.8, 4) is 0 Å². The van der Waals surface area contributed by atoms with Crippen molar-refractivity contribution in [3.05, 3.63) is 28.8 Å². The highest BCUT2D eigenvalue weighted by molar-refractivity contribution is 6.33. The van der Waals surface area contributed by atoms with E-state index in [1.807, 2.05) is 25.1 Å². The summed E-state index contributed by atoms with van der Waals surface area (Å²) in [6, 6.07) is 5.60. The zero-order chi connectivity index (χ0) is 17.5. The highest BCUT2D eigenvalue weighted by Gasteiger charge is 2.19. The number of aliphatic imine (C=N–C) groups is 1. The van der Waals surface area contributed by atoms with Crippen molar-refractivity contribution < 1.29 is 4.79 Å². The first-order chi connectivity index (χ1) is 11.5. The topological polar surface area (TPSA) is 56.7 Å². The second-order valence-corrected chi connectivity index (χ2v) is 6.86. The molecule has 2 rings (SSSR count). The van der Waals surface area contributed by atoms with Crippen LogP contribution < -0.4 is 10.6 Å². The normalized spacial score (nSPS) is 18.4. The average Bonchev–Trinajstić information content (AvgIpc) is 2.54. The van der Waals surface area contributed by atoms with Gasteiger partial charge in [-0.2, -0.15) is 0 Å². The molecule has 1 unspecified atom stereocenters. The van der Waals surface area contributed by atoms with Crippen molar-refractivity contribution in [1.29, 1.82) is 0 Å². The molecule has 0 aromatic heterocycles. The lowest BCUT2D eigenvalue weighted by Crippen LogP contribution is -2.46. The number of nitrogens with zero attached hydrogens (tertiary/aromatic N) is 2. The van der Waals surface area contributed by atoms with Crippen LogP contribution in [0.25, 0.3) is 0 Å². The lowest BCUT2D eigenvalue weighted by Gasteiger charge is -2.33. The highest BCUT2D eigenvalue weighted by Crippen LogP contribution is 2.22. The number of guanidine groups is 1. The Morgan fingerprint density at radius 2 is 2.25 bits per heavy atom. The fraction of sp³-hybridized carbons (Fsp3) is 0.556. The number of hydrogen-bond donors (Lipinski definition) is 2. The standard InChI is InChI=1S/C18H27ClN4O/c1-13-6-7-16(15(19)11-13)22-17(24)8-9-21-18(20-3)23-10-4-5-14(2)12-23/h6-7,11,14H,4-5,8-10,12H2,1-3H3,(H,20,21)(H,22,24). The van der Waals surface area contributed by atoms with Gasteiger partial charge in [-0.05, 0) is 43.4 Å². The third-order valence-corrected chi connectivity index (χ3v) is 4.51. The van der Waals surface area contributed by atoms with Crippen LogP contribution in [-0.4, -0.2) is 43.4 Å². The van der Waals surface area contributed by atoms with E-state index in [1.165, 1.54) is 12.8 Å². The molecule has 1 fully saturated rings. The number of nitrogens with one attached hydrogen (secondary N) is 2. The van der Waals surface area contributed by atoms with Crippen LogP contribution >= 0.6 is 11.6 Å². The Hall–Kier alpha value is -1.75. The smallest absolute Gasteiger partial charge is 0.226 e. The first-order valence-electron chi connectivity index (χ1n) is 8.51. The minimum atomic E-state index is -0.0595. The molecule has 1 aliphatic heterocycles. The third kappa shape index (κ3) is 5.41. The number of rotatable bonds is 4. The van der Waals surface area contributed by atoms with Gasteiger partial charge in [0.05, 0.1) is 10.7 Å². The minimum absolute atomic E-state index is 0.0595. The number of carbonyl (C=O) groups is 1. The van der Waals surface area contributed by atoms with Crippen LogP contribution in [0.5, 0.6) is 0 Å². The highest BCUT2D eigenvalue weighted by atomic mass is 35.5. The summed E-state index contributed by atoms with van der Waals surface area (Å²) in [4.78, 5) is 18.7. The first-order valence-corrected chi connectivity index (χ1v) is 8.89. The number of halogens is 1. The van der Waals surface area contributed by atoms with E-state index in [0.717, 1.165) is 24.6 Å². The Morgan fingerprint density at radius 1 is 1.46 bits per heavy atom. The third-order valence-electron chi connectivity index (χ3n) is 4.20. The van der Waals surface area contributed by atoms with E-state index >= 15 is 0 Å². The van der Waals surface area contributed by atoms with Gasteiger partial charge in [0, 0.05) is 33.1 Å². The molecule has 24 heavy (non-hydrogen) atoms. The van der Waals surface area contributed by atoms with Crippen LogP contribution in [0.4, 0.5) is 5.69 Å². The number of benzene rings is 1. The van der Waals surface area contributed by atoms with Gasteiger partial charge >= 0.3 is 0 Å². The van der Waals surface area contributed by atoms with Crippen molar-refractivity contribution in [2.45, 2.75) is 33.1 Å². The number of hydrogen-bond acceptors (Lipinski definition) is 2. The number of aryl methyl sites for hydroxylation is 1. The van der Waals surface area contributed by atoms with E-state index in [9.17, 15) is 4.79 Å². The summed E-state index contributed by atoms with van der Waals surface area (Å²) in [7, 11) is 1.79. The van der Waals surface area contributed by atoms with Crippen LogP contribution in [0.2, 0.25) is 5.02 Å². The van der Waals surface area contributed by atoms with Crippen molar-refractivity contribution >= 4 is 29.2 Å². The summed E-state index contributed by atoms with van der Waals surface area (Å²) in [5.41, 5.74) is 1.72. The van der Waals surface area contributed by atoms with Gasteiger partial charge in [-0.3, -0.25) is 9.79 Å². The molecule has 1 saturated heterocycles. The maximum Gasteiger partial charge on any atom is 0.226 e. The Labute approximate surface area is 149 Å². The molecule has 1 atom stereocenters. The van der Waals surface area contributed by atoms with E-state index < -0.39 is 0 Å². The average molecular weight is 351 g/mol. The Bertz CT molecular complexity index is 603. The van der Waals surface area contributed by atoms with E-state index in [-0.39, 0.29) is 5.91 Å². The number of amides is 1. The van der Waals surface area contributed by atoms with Gasteiger partial charge in [-0.15, -0.1) is 0 Å². The summed E-state index contributed by atoms with van der Waals surface area (Å²) in [5.74, 6) is 1.50. The minimum Gasteiger partial charge on any atom is -0.356 e. The molecule has 0 bridgehead atoms. The number of anilines is 1. The fourth-order valence-electron chi connectivity index (χ4n) is 2.94. The maximum atomic E-state index is 12.1. The van der Waals surface area contributed by atoms with Gasteiger partial charge < -0.3 is 15.5 Å². The number of likely N-dealkylation sites (tertiary alicyclic amines) is 1. The molecule has 0 radical (unpaired) electrons. The maximum absolute atomic E-state index is 12.1. The molecular formula is C18H27ClN4O. The van der Waals surface area contributed by atoms with Crippen molar-refractivity contribution in [1.82, 2.24) is 10.2 Å². The van der Waals surface area contributed by atoms with Crippen LogP contribution in [0, 0.1) is 12.8 Å². The zero-order valence-corrected chi connectivity index (χ0v) is 15.5. The van der Waals surface area contributed by atoms with Crippen LogP contribution in [-0.2, 0) is 4.79 Å². The van der Waals surface area contributed by atoms with Gasteiger partial charge in [0.2, 0.25) is 5.91 Å². The molecule has 0 saturated carbocycles. The van der Waals surface area contributed by atoms with Crippen LogP contribution in [0.3, 0.4) is 0 Å². The predicted octanol–water partition coefficient (Wildman–Crippen LogP) is 3.28. The second kappa shape index (κ2) is 8.92. The van der Waals surface area contributed by atoms with Crippen LogP contribution in [0.15, 0.2) is 23.2 Å². The van der Waals surface area contributed by atoms with Gasteiger partial charge in [-0.25, -0.2) is 0 Å². The Kier molecular flexibility index (Phi) is 6.91. The van der Waals surface area contributed by atoms with Crippen molar-refractivity contribution in [2.24, 2.45) is 10.9 Å². The molecular weight excluding hydrogens is 324 g/mol.